The van der Waals surface area contributed by atoms with Gasteiger partial charge in [0.25, 0.3) is 0 Å². The van der Waals surface area contributed by atoms with E-state index in [-0.39, 0.29) is 10.8 Å². The fourth-order valence-electron chi connectivity index (χ4n) is 2.11. The van der Waals surface area contributed by atoms with Crippen LogP contribution in [0.5, 0.6) is 0 Å². The predicted octanol–water partition coefficient (Wildman–Crippen LogP) is 4.13. The van der Waals surface area contributed by atoms with Crippen LogP contribution in [0, 0.1) is 6.92 Å². The lowest BCUT2D eigenvalue weighted by atomic mass is 9.98. The highest BCUT2D eigenvalue weighted by Gasteiger charge is 2.22. The van der Waals surface area contributed by atoms with Gasteiger partial charge in [-0.05, 0) is 24.0 Å². The Morgan fingerprint density at radius 3 is 2.32 bits per heavy atom. The molecule has 0 atom stereocenters. The molecule has 1 aromatic carbocycles. The largest absolute Gasteiger partial charge is 0.477 e. The van der Waals surface area contributed by atoms with E-state index in [9.17, 15) is 9.90 Å². The van der Waals surface area contributed by atoms with Crippen LogP contribution >= 0.6 is 11.3 Å². The summed E-state index contributed by atoms with van der Waals surface area (Å²) in [5, 5.41) is 9.21. The van der Waals surface area contributed by atoms with Gasteiger partial charge in [-0.15, -0.1) is 11.3 Å². The average molecular weight is 275 g/mol. The van der Waals surface area contributed by atoms with Crippen LogP contribution in [-0.2, 0) is 0 Å². The summed E-state index contributed by atoms with van der Waals surface area (Å²) in [4.78, 5) is 12.4. The molecular weight excluding hydrogens is 258 g/mol. The highest BCUT2D eigenvalue weighted by atomic mass is 32.1. The van der Waals surface area contributed by atoms with Gasteiger partial charge in [0.2, 0.25) is 0 Å². The van der Waals surface area contributed by atoms with E-state index in [1.165, 1.54) is 16.9 Å². The molecule has 4 heteroatoms. The molecule has 100 valence electrons. The minimum absolute atomic E-state index is 0.195. The van der Waals surface area contributed by atoms with E-state index in [4.69, 9.17) is 5.73 Å². The van der Waals surface area contributed by atoms with Gasteiger partial charge in [0.05, 0.1) is 5.69 Å². The summed E-state index contributed by atoms with van der Waals surface area (Å²) < 4.78 is 0. The third-order valence-corrected chi connectivity index (χ3v) is 4.33. The summed E-state index contributed by atoms with van der Waals surface area (Å²) in [6.07, 6.45) is 0. The Morgan fingerprint density at radius 2 is 1.84 bits per heavy atom. The summed E-state index contributed by atoms with van der Waals surface area (Å²) in [5.74, 6) is -0.761. The first kappa shape index (κ1) is 13.6. The third kappa shape index (κ3) is 2.49. The number of aromatic carboxylic acids is 1. The second kappa shape index (κ2) is 5.05. The van der Waals surface area contributed by atoms with Gasteiger partial charge in [0.15, 0.2) is 0 Å². The van der Waals surface area contributed by atoms with Crippen LogP contribution in [0.4, 0.5) is 5.69 Å². The Balaban J connectivity index is 2.65. The molecule has 0 amide bonds. The molecule has 0 aliphatic carbocycles. The molecule has 0 radical (unpaired) electrons. The van der Waals surface area contributed by atoms with Crippen molar-refractivity contribution in [2.45, 2.75) is 26.7 Å². The average Bonchev–Trinajstić information content (AvgIpc) is 2.68. The van der Waals surface area contributed by atoms with E-state index < -0.39 is 5.97 Å². The highest BCUT2D eigenvalue weighted by Crippen LogP contribution is 2.42. The first-order valence-corrected chi connectivity index (χ1v) is 6.96. The number of aryl methyl sites for hydroxylation is 1. The monoisotopic (exact) mass is 275 g/mol. The molecule has 0 aliphatic rings. The number of rotatable bonds is 3. The zero-order chi connectivity index (χ0) is 14.2. The number of hydrogen-bond acceptors (Lipinski definition) is 3. The van der Waals surface area contributed by atoms with E-state index in [2.05, 4.69) is 0 Å². The normalized spacial score (nSPS) is 10.9. The first-order chi connectivity index (χ1) is 8.91. The Morgan fingerprint density at radius 1 is 1.26 bits per heavy atom. The first-order valence-electron chi connectivity index (χ1n) is 6.14. The number of nitrogen functional groups attached to an aromatic ring is 1. The van der Waals surface area contributed by atoms with Crippen molar-refractivity contribution in [1.82, 2.24) is 0 Å². The lowest BCUT2D eigenvalue weighted by Gasteiger charge is -2.09. The van der Waals surface area contributed by atoms with E-state index >= 15 is 0 Å². The Hall–Kier alpha value is -1.81. The molecule has 1 aromatic heterocycles. The van der Waals surface area contributed by atoms with Crippen LogP contribution in [0.25, 0.3) is 10.4 Å². The number of carboxylic acids is 1. The van der Waals surface area contributed by atoms with Crippen molar-refractivity contribution in [3.05, 3.63) is 40.3 Å². The van der Waals surface area contributed by atoms with Crippen molar-refractivity contribution in [2.75, 3.05) is 5.73 Å². The zero-order valence-electron chi connectivity index (χ0n) is 11.2. The number of thiophene rings is 1. The molecule has 0 unspecified atom stereocenters. The number of carboxylic acid groups (broad SMARTS) is 1. The molecule has 2 aromatic rings. The summed E-state index contributed by atoms with van der Waals surface area (Å²) in [7, 11) is 0. The molecule has 19 heavy (non-hydrogen) atoms. The molecule has 0 aliphatic heterocycles. The molecule has 0 saturated carbocycles. The fraction of sp³-hybridized carbons (Fsp3) is 0.267. The predicted molar refractivity (Wildman–Crippen MR) is 80.0 cm³/mol. The second-order valence-corrected chi connectivity index (χ2v) is 5.93. The quantitative estimate of drug-likeness (QED) is 0.885. The van der Waals surface area contributed by atoms with Crippen LogP contribution in [0.1, 0.15) is 40.6 Å². The number of carbonyl (C=O) groups is 1. The molecule has 2 rings (SSSR count). The standard InChI is InChI=1S/C15H17NO2S/c1-8(2)11-12(16)14(15(17)18)19-13(11)10-6-4-9(3)5-7-10/h4-8H,16H2,1-3H3,(H,17,18). The Kier molecular flexibility index (Phi) is 3.62. The van der Waals surface area contributed by atoms with Crippen molar-refractivity contribution in [2.24, 2.45) is 0 Å². The second-order valence-electron chi connectivity index (χ2n) is 4.91. The van der Waals surface area contributed by atoms with Crippen molar-refractivity contribution in [3.63, 3.8) is 0 Å². The number of benzene rings is 1. The van der Waals surface area contributed by atoms with Gasteiger partial charge < -0.3 is 10.8 Å². The fourth-order valence-corrected chi connectivity index (χ4v) is 3.33. The molecule has 1 heterocycles. The summed E-state index contributed by atoms with van der Waals surface area (Å²) in [5.41, 5.74) is 9.55. The maximum absolute atomic E-state index is 11.2. The van der Waals surface area contributed by atoms with Gasteiger partial charge in [0, 0.05) is 4.88 Å². The van der Waals surface area contributed by atoms with E-state index in [0.717, 1.165) is 16.0 Å². The lowest BCUT2D eigenvalue weighted by Crippen LogP contribution is -2.00. The van der Waals surface area contributed by atoms with Crippen molar-refractivity contribution < 1.29 is 9.90 Å². The van der Waals surface area contributed by atoms with Crippen LogP contribution in [-0.4, -0.2) is 11.1 Å². The van der Waals surface area contributed by atoms with Gasteiger partial charge in [0.1, 0.15) is 4.88 Å². The lowest BCUT2D eigenvalue weighted by molar-refractivity contribution is 0.0703. The third-order valence-electron chi connectivity index (χ3n) is 3.07. The molecule has 3 nitrogen and oxygen atoms in total. The SMILES string of the molecule is Cc1ccc(-c2sc(C(=O)O)c(N)c2C(C)C)cc1. The topological polar surface area (TPSA) is 63.3 Å². The van der Waals surface area contributed by atoms with Gasteiger partial charge in [-0.25, -0.2) is 4.79 Å². The Bertz CT molecular complexity index is 612. The van der Waals surface area contributed by atoms with Crippen LogP contribution in [0.2, 0.25) is 0 Å². The van der Waals surface area contributed by atoms with Crippen molar-refractivity contribution in [1.29, 1.82) is 0 Å². The van der Waals surface area contributed by atoms with Crippen molar-refractivity contribution in [3.8, 4) is 10.4 Å². The van der Waals surface area contributed by atoms with Gasteiger partial charge in [-0.2, -0.15) is 0 Å². The van der Waals surface area contributed by atoms with E-state index in [1.54, 1.807) is 0 Å². The van der Waals surface area contributed by atoms with Gasteiger partial charge in [-0.1, -0.05) is 43.7 Å². The van der Waals surface area contributed by atoms with E-state index in [0.29, 0.717) is 5.69 Å². The Labute approximate surface area is 116 Å². The summed E-state index contributed by atoms with van der Waals surface area (Å²) in [6, 6.07) is 8.07. The molecule has 0 spiro atoms. The highest BCUT2D eigenvalue weighted by molar-refractivity contribution is 7.18. The molecule has 0 fully saturated rings. The maximum Gasteiger partial charge on any atom is 0.348 e. The number of anilines is 1. The minimum Gasteiger partial charge on any atom is -0.477 e. The van der Waals surface area contributed by atoms with Crippen molar-refractivity contribution >= 4 is 23.0 Å². The van der Waals surface area contributed by atoms with Crippen LogP contribution in [0.15, 0.2) is 24.3 Å². The molecule has 3 N–H and O–H groups in total. The van der Waals surface area contributed by atoms with Crippen LogP contribution < -0.4 is 5.73 Å². The van der Waals surface area contributed by atoms with Gasteiger partial charge >= 0.3 is 5.97 Å². The number of nitrogens with two attached hydrogens (primary N) is 1. The maximum atomic E-state index is 11.2. The summed E-state index contributed by atoms with van der Waals surface area (Å²) in [6.45, 7) is 6.09. The van der Waals surface area contributed by atoms with E-state index in [1.807, 2.05) is 45.0 Å². The number of hydrogen-bond donors (Lipinski definition) is 2. The summed E-state index contributed by atoms with van der Waals surface area (Å²) >= 11 is 1.26. The smallest absolute Gasteiger partial charge is 0.348 e. The molecule has 0 bridgehead atoms. The van der Waals surface area contributed by atoms with Crippen LogP contribution in [0.3, 0.4) is 0 Å². The molecular formula is C15H17NO2S. The zero-order valence-corrected chi connectivity index (χ0v) is 12.0. The molecule has 0 saturated heterocycles. The minimum atomic E-state index is -0.956. The van der Waals surface area contributed by atoms with Gasteiger partial charge in [-0.3, -0.25) is 0 Å².